The fourth-order valence-electron chi connectivity index (χ4n) is 1.57. The molecule has 0 saturated carbocycles. The Morgan fingerprint density at radius 3 is 2.88 bits per heavy atom. The SMILES string of the molecule is CN(Cc1nccn1C)c1ccnc(C#N)c1. The van der Waals surface area contributed by atoms with Crippen molar-refractivity contribution in [1.29, 1.82) is 5.26 Å². The molecule has 0 aromatic carbocycles. The van der Waals surface area contributed by atoms with Crippen molar-refractivity contribution < 1.29 is 0 Å². The first-order valence-corrected chi connectivity index (χ1v) is 5.24. The minimum atomic E-state index is 0.425. The van der Waals surface area contributed by atoms with Gasteiger partial charge in [0, 0.05) is 38.4 Å². The number of hydrogen-bond acceptors (Lipinski definition) is 4. The fourth-order valence-corrected chi connectivity index (χ4v) is 1.57. The van der Waals surface area contributed by atoms with Gasteiger partial charge in [-0.15, -0.1) is 0 Å². The molecule has 2 aromatic rings. The minimum Gasteiger partial charge on any atom is -0.367 e. The standard InChI is InChI=1S/C12H13N5/c1-16-6-5-15-12(16)9-17(2)11-3-4-14-10(7-11)8-13/h3-7H,9H2,1-2H3. The number of nitriles is 1. The molecule has 86 valence electrons. The molecule has 0 atom stereocenters. The summed E-state index contributed by atoms with van der Waals surface area (Å²) in [7, 11) is 3.93. The van der Waals surface area contributed by atoms with E-state index in [4.69, 9.17) is 5.26 Å². The van der Waals surface area contributed by atoms with Gasteiger partial charge >= 0.3 is 0 Å². The summed E-state index contributed by atoms with van der Waals surface area (Å²) in [6.07, 6.45) is 5.33. The normalized spacial score (nSPS) is 9.94. The minimum absolute atomic E-state index is 0.425. The van der Waals surface area contributed by atoms with Crippen LogP contribution in [0.25, 0.3) is 0 Å². The number of rotatable bonds is 3. The van der Waals surface area contributed by atoms with Gasteiger partial charge in [0.05, 0.1) is 6.54 Å². The van der Waals surface area contributed by atoms with E-state index in [1.54, 1.807) is 18.5 Å². The van der Waals surface area contributed by atoms with Crippen molar-refractivity contribution in [3.8, 4) is 6.07 Å². The van der Waals surface area contributed by atoms with Crippen LogP contribution in [0.3, 0.4) is 0 Å². The molecule has 2 aromatic heterocycles. The van der Waals surface area contributed by atoms with Crippen molar-refractivity contribution in [1.82, 2.24) is 14.5 Å². The third-order valence-electron chi connectivity index (χ3n) is 2.60. The van der Waals surface area contributed by atoms with Crippen LogP contribution in [0.5, 0.6) is 0 Å². The summed E-state index contributed by atoms with van der Waals surface area (Å²) in [5.41, 5.74) is 1.38. The summed E-state index contributed by atoms with van der Waals surface area (Å²) >= 11 is 0. The van der Waals surface area contributed by atoms with Gasteiger partial charge in [-0.1, -0.05) is 0 Å². The Labute approximate surface area is 100.0 Å². The molecule has 0 amide bonds. The molecule has 17 heavy (non-hydrogen) atoms. The second-order valence-corrected chi connectivity index (χ2v) is 3.82. The first-order chi connectivity index (χ1) is 8.20. The van der Waals surface area contributed by atoms with Crippen LogP contribution in [-0.4, -0.2) is 21.6 Å². The van der Waals surface area contributed by atoms with Crippen molar-refractivity contribution in [2.45, 2.75) is 6.54 Å². The molecular weight excluding hydrogens is 214 g/mol. The van der Waals surface area contributed by atoms with E-state index in [0.29, 0.717) is 12.2 Å². The van der Waals surface area contributed by atoms with Gasteiger partial charge in [0.25, 0.3) is 0 Å². The average Bonchev–Trinajstić information content (AvgIpc) is 2.75. The van der Waals surface area contributed by atoms with Crippen molar-refractivity contribution in [3.63, 3.8) is 0 Å². The van der Waals surface area contributed by atoms with Gasteiger partial charge in [-0.3, -0.25) is 0 Å². The van der Waals surface area contributed by atoms with Crippen molar-refractivity contribution in [2.24, 2.45) is 7.05 Å². The first kappa shape index (κ1) is 11.1. The largest absolute Gasteiger partial charge is 0.367 e. The second-order valence-electron chi connectivity index (χ2n) is 3.82. The lowest BCUT2D eigenvalue weighted by atomic mass is 10.3. The summed E-state index contributed by atoms with van der Waals surface area (Å²) in [6.45, 7) is 0.693. The molecule has 5 heteroatoms. The van der Waals surface area contributed by atoms with Crippen LogP contribution in [0, 0.1) is 11.3 Å². The highest BCUT2D eigenvalue weighted by atomic mass is 15.2. The molecule has 2 rings (SSSR count). The Balaban J connectivity index is 2.17. The van der Waals surface area contributed by atoms with E-state index in [9.17, 15) is 0 Å². The molecule has 0 bridgehead atoms. The van der Waals surface area contributed by atoms with Gasteiger partial charge in [-0.05, 0) is 12.1 Å². The Morgan fingerprint density at radius 1 is 1.41 bits per heavy atom. The van der Waals surface area contributed by atoms with E-state index < -0.39 is 0 Å². The maximum Gasteiger partial charge on any atom is 0.142 e. The summed E-state index contributed by atoms with van der Waals surface area (Å²) < 4.78 is 1.98. The van der Waals surface area contributed by atoms with E-state index in [1.807, 2.05) is 41.9 Å². The molecule has 0 radical (unpaired) electrons. The van der Waals surface area contributed by atoms with Gasteiger partial charge in [0.1, 0.15) is 17.6 Å². The Hall–Kier alpha value is -2.35. The van der Waals surface area contributed by atoms with Gasteiger partial charge in [0.2, 0.25) is 0 Å². The van der Waals surface area contributed by atoms with Crippen LogP contribution in [-0.2, 0) is 13.6 Å². The average molecular weight is 227 g/mol. The Morgan fingerprint density at radius 2 is 2.24 bits per heavy atom. The zero-order valence-electron chi connectivity index (χ0n) is 9.83. The van der Waals surface area contributed by atoms with E-state index in [2.05, 4.69) is 9.97 Å². The summed E-state index contributed by atoms with van der Waals surface area (Å²) in [4.78, 5) is 10.2. The van der Waals surface area contributed by atoms with Crippen molar-refractivity contribution >= 4 is 5.69 Å². The molecule has 0 aliphatic heterocycles. The quantitative estimate of drug-likeness (QED) is 0.793. The molecule has 0 unspecified atom stereocenters. The number of hydrogen-bond donors (Lipinski definition) is 0. The van der Waals surface area contributed by atoms with E-state index in [0.717, 1.165) is 11.5 Å². The topological polar surface area (TPSA) is 57.7 Å². The molecule has 0 N–H and O–H groups in total. The highest BCUT2D eigenvalue weighted by Crippen LogP contribution is 2.14. The van der Waals surface area contributed by atoms with Crippen molar-refractivity contribution in [3.05, 3.63) is 42.2 Å². The predicted octanol–water partition coefficient (Wildman–Crippen LogP) is 1.32. The Bertz CT molecular complexity index is 552. The highest BCUT2D eigenvalue weighted by Gasteiger charge is 2.06. The lowest BCUT2D eigenvalue weighted by Crippen LogP contribution is -2.19. The third kappa shape index (κ3) is 2.42. The monoisotopic (exact) mass is 227 g/mol. The zero-order valence-corrected chi connectivity index (χ0v) is 9.83. The molecule has 0 saturated heterocycles. The fraction of sp³-hybridized carbons (Fsp3) is 0.250. The van der Waals surface area contributed by atoms with Crippen LogP contribution >= 0.6 is 0 Å². The molecule has 5 nitrogen and oxygen atoms in total. The van der Waals surface area contributed by atoms with Gasteiger partial charge in [-0.2, -0.15) is 5.26 Å². The van der Waals surface area contributed by atoms with E-state index in [1.165, 1.54) is 0 Å². The van der Waals surface area contributed by atoms with Crippen LogP contribution in [0.4, 0.5) is 5.69 Å². The summed E-state index contributed by atoms with van der Waals surface area (Å²) in [5, 5.41) is 8.80. The predicted molar refractivity (Wildman–Crippen MR) is 64.3 cm³/mol. The lowest BCUT2D eigenvalue weighted by molar-refractivity contribution is 0.761. The number of pyridine rings is 1. The summed E-state index contributed by atoms with van der Waals surface area (Å²) in [5.74, 6) is 0.975. The molecule has 0 aliphatic carbocycles. The van der Waals surface area contributed by atoms with E-state index >= 15 is 0 Å². The first-order valence-electron chi connectivity index (χ1n) is 5.24. The van der Waals surface area contributed by atoms with Crippen LogP contribution in [0.2, 0.25) is 0 Å². The highest BCUT2D eigenvalue weighted by molar-refractivity contribution is 5.47. The smallest absolute Gasteiger partial charge is 0.142 e. The number of anilines is 1. The zero-order chi connectivity index (χ0) is 12.3. The molecule has 0 spiro atoms. The van der Waals surface area contributed by atoms with E-state index in [-0.39, 0.29) is 0 Å². The maximum atomic E-state index is 8.80. The van der Waals surface area contributed by atoms with Gasteiger partial charge in [0.15, 0.2) is 0 Å². The number of aromatic nitrogens is 3. The van der Waals surface area contributed by atoms with Crippen LogP contribution in [0.1, 0.15) is 11.5 Å². The molecule has 0 aliphatic rings. The van der Waals surface area contributed by atoms with Gasteiger partial charge in [-0.25, -0.2) is 9.97 Å². The van der Waals surface area contributed by atoms with Gasteiger partial charge < -0.3 is 9.47 Å². The third-order valence-corrected chi connectivity index (χ3v) is 2.60. The van der Waals surface area contributed by atoms with Crippen molar-refractivity contribution in [2.75, 3.05) is 11.9 Å². The van der Waals surface area contributed by atoms with Crippen LogP contribution < -0.4 is 4.90 Å². The lowest BCUT2D eigenvalue weighted by Gasteiger charge is -2.18. The second kappa shape index (κ2) is 4.66. The summed E-state index contributed by atoms with van der Waals surface area (Å²) in [6, 6.07) is 5.68. The van der Waals surface area contributed by atoms with Crippen LogP contribution in [0.15, 0.2) is 30.7 Å². The Kier molecular flexibility index (Phi) is 3.06. The number of nitrogens with zero attached hydrogens (tertiary/aromatic N) is 5. The molecular formula is C12H13N5. The number of aryl methyl sites for hydroxylation is 1. The maximum absolute atomic E-state index is 8.80. The number of imidazole rings is 1. The molecule has 0 fully saturated rings. The molecule has 2 heterocycles.